The van der Waals surface area contributed by atoms with Gasteiger partial charge >= 0.3 is 0 Å². The van der Waals surface area contributed by atoms with Crippen molar-refractivity contribution in [2.45, 2.75) is 37.8 Å². The van der Waals surface area contributed by atoms with Crippen LogP contribution >= 0.6 is 0 Å². The molecule has 0 aromatic carbocycles. The molecule has 5 nitrogen and oxygen atoms in total. The van der Waals surface area contributed by atoms with E-state index in [1.54, 1.807) is 4.90 Å². The Labute approximate surface area is 128 Å². The quantitative estimate of drug-likeness (QED) is 0.794. The van der Waals surface area contributed by atoms with Crippen LogP contribution < -0.4 is 0 Å². The highest BCUT2D eigenvalue weighted by Crippen LogP contribution is 2.37. The second-order valence-electron chi connectivity index (χ2n) is 6.48. The molecule has 2 atom stereocenters. The third-order valence-electron chi connectivity index (χ3n) is 5.00. The van der Waals surface area contributed by atoms with Crippen molar-refractivity contribution >= 4 is 11.8 Å². The van der Waals surface area contributed by atoms with Crippen LogP contribution in [0.2, 0.25) is 0 Å². The van der Waals surface area contributed by atoms with Crippen molar-refractivity contribution in [2.75, 3.05) is 13.1 Å². The first-order valence-corrected chi connectivity index (χ1v) is 7.85. The Hall–Kier alpha value is -1.98. The Balaban J connectivity index is 1.52. The maximum absolute atomic E-state index is 13.2. The predicted octanol–water partition coefficient (Wildman–Crippen LogP) is 1.45. The maximum Gasteiger partial charge on any atom is 0.254 e. The zero-order valence-electron chi connectivity index (χ0n) is 12.2. The van der Waals surface area contributed by atoms with E-state index in [2.05, 4.69) is 4.98 Å². The van der Waals surface area contributed by atoms with Gasteiger partial charge in [0.25, 0.3) is 5.91 Å². The number of hydrogen-bond acceptors (Lipinski definition) is 3. The molecule has 1 aromatic rings. The molecule has 3 fully saturated rings. The van der Waals surface area contributed by atoms with Gasteiger partial charge in [-0.05, 0) is 31.2 Å². The fraction of sp³-hybridized carbons (Fsp3) is 0.562. The molecule has 0 radical (unpaired) electrons. The van der Waals surface area contributed by atoms with Gasteiger partial charge in [-0.1, -0.05) is 0 Å². The predicted molar refractivity (Wildman–Crippen MR) is 76.5 cm³/mol. The van der Waals surface area contributed by atoms with Crippen LogP contribution in [0.15, 0.2) is 18.3 Å². The average Bonchev–Trinajstić information content (AvgIpc) is 3.16. The number of likely N-dealkylation sites (tertiary alicyclic amines) is 2. The number of rotatable bonds is 3. The van der Waals surface area contributed by atoms with E-state index in [0.717, 1.165) is 19.0 Å². The molecule has 1 aromatic heterocycles. The number of nitrogens with zero attached hydrogens (tertiary/aromatic N) is 3. The lowest BCUT2D eigenvalue weighted by molar-refractivity contribution is -0.129. The fourth-order valence-electron chi connectivity index (χ4n) is 3.70. The van der Waals surface area contributed by atoms with Crippen molar-refractivity contribution in [2.24, 2.45) is 5.92 Å². The molecule has 0 unspecified atom stereocenters. The van der Waals surface area contributed by atoms with Crippen LogP contribution in [-0.2, 0) is 4.79 Å². The SMILES string of the molecule is O=C(c1ccnc(F)c1)N1CC[C@H]2[C@H]1CC(=O)N2CC1CC1. The van der Waals surface area contributed by atoms with Gasteiger partial charge in [-0.15, -0.1) is 0 Å². The van der Waals surface area contributed by atoms with Crippen LogP contribution in [0.1, 0.15) is 36.0 Å². The number of aromatic nitrogens is 1. The summed E-state index contributed by atoms with van der Waals surface area (Å²) in [5.74, 6) is -0.0450. The molecule has 3 aliphatic rings. The molecule has 22 heavy (non-hydrogen) atoms. The molecule has 0 bridgehead atoms. The van der Waals surface area contributed by atoms with Crippen molar-refractivity contribution < 1.29 is 14.0 Å². The number of hydrogen-bond donors (Lipinski definition) is 0. The zero-order chi connectivity index (χ0) is 15.3. The molecule has 0 spiro atoms. The molecule has 3 heterocycles. The van der Waals surface area contributed by atoms with E-state index in [1.165, 1.54) is 25.1 Å². The minimum Gasteiger partial charge on any atom is -0.337 e. The standard InChI is InChI=1S/C16H18FN3O2/c17-14-7-11(3-5-18-14)16(22)19-6-4-12-13(19)8-15(21)20(12)9-10-1-2-10/h3,5,7,10,12-13H,1-2,4,6,8-9H2/t12-,13+/m0/s1. The maximum atomic E-state index is 13.2. The molecule has 0 N–H and O–H groups in total. The van der Waals surface area contributed by atoms with E-state index in [-0.39, 0.29) is 23.9 Å². The molecule has 116 valence electrons. The summed E-state index contributed by atoms with van der Waals surface area (Å²) in [5, 5.41) is 0. The summed E-state index contributed by atoms with van der Waals surface area (Å²) in [4.78, 5) is 32.0. The third kappa shape index (κ3) is 2.26. The molecular weight excluding hydrogens is 285 g/mol. The first-order chi connectivity index (χ1) is 10.6. The van der Waals surface area contributed by atoms with E-state index < -0.39 is 5.95 Å². The summed E-state index contributed by atoms with van der Waals surface area (Å²) >= 11 is 0. The summed E-state index contributed by atoms with van der Waals surface area (Å²) < 4.78 is 13.2. The molecule has 2 aliphatic heterocycles. The Morgan fingerprint density at radius 1 is 1.32 bits per heavy atom. The summed E-state index contributed by atoms with van der Waals surface area (Å²) in [5.41, 5.74) is 0.307. The van der Waals surface area contributed by atoms with Gasteiger partial charge in [0.1, 0.15) is 0 Å². The van der Waals surface area contributed by atoms with E-state index in [4.69, 9.17) is 0 Å². The lowest BCUT2D eigenvalue weighted by Gasteiger charge is -2.25. The highest BCUT2D eigenvalue weighted by atomic mass is 19.1. The molecular formula is C16H18FN3O2. The van der Waals surface area contributed by atoms with E-state index in [1.807, 2.05) is 4.90 Å². The van der Waals surface area contributed by atoms with Crippen LogP contribution in [0, 0.1) is 11.9 Å². The number of fused-ring (bicyclic) bond motifs is 1. The van der Waals surface area contributed by atoms with Crippen LogP contribution in [0.3, 0.4) is 0 Å². The highest BCUT2D eigenvalue weighted by molar-refractivity contribution is 5.95. The van der Waals surface area contributed by atoms with Gasteiger partial charge in [0, 0.05) is 37.3 Å². The molecule has 4 rings (SSSR count). The second-order valence-corrected chi connectivity index (χ2v) is 6.48. The molecule has 6 heteroatoms. The number of pyridine rings is 1. The van der Waals surface area contributed by atoms with Gasteiger partial charge in [-0.25, -0.2) is 4.98 Å². The van der Waals surface area contributed by atoms with Crippen LogP contribution in [0.25, 0.3) is 0 Å². The number of amides is 2. The largest absolute Gasteiger partial charge is 0.337 e. The van der Waals surface area contributed by atoms with E-state index >= 15 is 0 Å². The summed E-state index contributed by atoms with van der Waals surface area (Å²) in [6.45, 7) is 1.47. The molecule has 1 aliphatic carbocycles. The third-order valence-corrected chi connectivity index (χ3v) is 5.00. The number of carbonyl (C=O) groups is 2. The van der Waals surface area contributed by atoms with Gasteiger partial charge in [-0.2, -0.15) is 4.39 Å². The molecule has 2 amide bonds. The summed E-state index contributed by atoms with van der Waals surface area (Å²) in [6, 6.07) is 2.77. The van der Waals surface area contributed by atoms with Crippen LogP contribution in [0.5, 0.6) is 0 Å². The lowest BCUT2D eigenvalue weighted by Crippen LogP contribution is -2.40. The Morgan fingerprint density at radius 3 is 2.86 bits per heavy atom. The molecule has 2 saturated heterocycles. The monoisotopic (exact) mass is 303 g/mol. The first kappa shape index (κ1) is 13.7. The smallest absolute Gasteiger partial charge is 0.254 e. The van der Waals surface area contributed by atoms with Gasteiger partial charge in [0.05, 0.1) is 12.1 Å². The Kier molecular flexibility index (Phi) is 3.13. The number of halogens is 1. The van der Waals surface area contributed by atoms with Crippen molar-refractivity contribution in [3.8, 4) is 0 Å². The lowest BCUT2D eigenvalue weighted by atomic mass is 10.1. The van der Waals surface area contributed by atoms with Crippen LogP contribution in [0.4, 0.5) is 4.39 Å². The first-order valence-electron chi connectivity index (χ1n) is 7.85. The van der Waals surface area contributed by atoms with Crippen molar-refractivity contribution in [3.05, 3.63) is 29.8 Å². The number of carbonyl (C=O) groups excluding carboxylic acids is 2. The van der Waals surface area contributed by atoms with Crippen LogP contribution in [-0.4, -0.2) is 51.8 Å². The zero-order valence-corrected chi connectivity index (χ0v) is 12.2. The van der Waals surface area contributed by atoms with Crippen molar-refractivity contribution in [1.82, 2.24) is 14.8 Å². The van der Waals surface area contributed by atoms with E-state index in [9.17, 15) is 14.0 Å². The van der Waals surface area contributed by atoms with E-state index in [0.29, 0.717) is 24.4 Å². The van der Waals surface area contributed by atoms with Gasteiger partial charge < -0.3 is 9.80 Å². The highest BCUT2D eigenvalue weighted by Gasteiger charge is 2.49. The topological polar surface area (TPSA) is 53.5 Å². The normalized spacial score (nSPS) is 27.4. The Morgan fingerprint density at radius 2 is 2.14 bits per heavy atom. The summed E-state index contributed by atoms with van der Waals surface area (Å²) in [7, 11) is 0. The van der Waals surface area contributed by atoms with Gasteiger partial charge in [-0.3, -0.25) is 9.59 Å². The fourth-order valence-corrected chi connectivity index (χ4v) is 3.70. The van der Waals surface area contributed by atoms with Crippen molar-refractivity contribution in [1.29, 1.82) is 0 Å². The van der Waals surface area contributed by atoms with Gasteiger partial charge in [0.2, 0.25) is 11.9 Å². The minimum atomic E-state index is -0.653. The molecule has 1 saturated carbocycles. The second kappa shape index (κ2) is 5.04. The van der Waals surface area contributed by atoms with Gasteiger partial charge in [0.15, 0.2) is 0 Å². The minimum absolute atomic E-state index is 0.0602. The summed E-state index contributed by atoms with van der Waals surface area (Å²) in [6.07, 6.45) is 4.94. The Bertz CT molecular complexity index is 632. The average molecular weight is 303 g/mol. The van der Waals surface area contributed by atoms with Crippen molar-refractivity contribution in [3.63, 3.8) is 0 Å².